The summed E-state index contributed by atoms with van der Waals surface area (Å²) in [5.74, 6) is 0.769. The van der Waals surface area contributed by atoms with E-state index in [2.05, 4.69) is 33.8 Å². The molecule has 1 aliphatic carbocycles. The van der Waals surface area contributed by atoms with Crippen LogP contribution in [0.1, 0.15) is 34.1 Å². The summed E-state index contributed by atoms with van der Waals surface area (Å²) in [7, 11) is 0. The van der Waals surface area contributed by atoms with Gasteiger partial charge in [0.15, 0.2) is 0 Å². The van der Waals surface area contributed by atoms with Gasteiger partial charge in [-0.15, -0.1) is 0 Å². The monoisotopic (exact) mass is 136 g/mol. The Morgan fingerprint density at radius 3 is 2.40 bits per heavy atom. The molecular weight excluding hydrogens is 120 g/mol. The van der Waals surface area contributed by atoms with Crippen LogP contribution in [0, 0.1) is 5.92 Å². The Morgan fingerprint density at radius 1 is 1.30 bits per heavy atom. The van der Waals surface area contributed by atoms with E-state index in [1.54, 1.807) is 5.57 Å². The lowest BCUT2D eigenvalue weighted by molar-refractivity contribution is 0.653. The number of hydrogen-bond donors (Lipinski definition) is 0. The molecule has 56 valence electrons. The highest BCUT2D eigenvalue weighted by atomic mass is 14.2. The molecule has 0 radical (unpaired) electrons. The summed E-state index contributed by atoms with van der Waals surface area (Å²) in [4.78, 5) is 0. The van der Waals surface area contributed by atoms with Crippen LogP contribution in [0.2, 0.25) is 0 Å². The van der Waals surface area contributed by atoms with Crippen molar-refractivity contribution in [2.45, 2.75) is 34.1 Å². The first kappa shape index (κ1) is 7.59. The molecule has 0 N–H and O–H groups in total. The first-order valence-corrected chi connectivity index (χ1v) is 3.96. The minimum absolute atomic E-state index is 0.769. The summed E-state index contributed by atoms with van der Waals surface area (Å²) in [5, 5.41) is 0. The van der Waals surface area contributed by atoms with E-state index in [9.17, 15) is 0 Å². The second-order valence-electron chi connectivity index (χ2n) is 3.46. The molecule has 0 heteroatoms. The van der Waals surface area contributed by atoms with Crippen molar-refractivity contribution in [2.75, 3.05) is 0 Å². The van der Waals surface area contributed by atoms with E-state index in [4.69, 9.17) is 0 Å². The van der Waals surface area contributed by atoms with Gasteiger partial charge in [0.25, 0.3) is 0 Å². The molecule has 0 unspecified atom stereocenters. The van der Waals surface area contributed by atoms with Crippen molar-refractivity contribution in [2.24, 2.45) is 5.92 Å². The van der Waals surface area contributed by atoms with E-state index in [0.29, 0.717) is 0 Å². The van der Waals surface area contributed by atoms with Gasteiger partial charge in [0.1, 0.15) is 0 Å². The van der Waals surface area contributed by atoms with Crippen molar-refractivity contribution in [1.29, 1.82) is 0 Å². The zero-order valence-corrected chi connectivity index (χ0v) is 7.36. The molecular formula is C10H16. The summed E-state index contributed by atoms with van der Waals surface area (Å²) in [6.07, 6.45) is 3.55. The Bertz CT molecular complexity index is 194. The molecule has 0 fully saturated rings. The maximum atomic E-state index is 2.30. The van der Waals surface area contributed by atoms with Crippen molar-refractivity contribution < 1.29 is 0 Å². The molecule has 0 saturated carbocycles. The Morgan fingerprint density at radius 2 is 1.90 bits per heavy atom. The Balaban J connectivity index is 2.92. The first-order valence-electron chi connectivity index (χ1n) is 3.96. The van der Waals surface area contributed by atoms with Crippen LogP contribution < -0.4 is 0 Å². The summed E-state index contributed by atoms with van der Waals surface area (Å²) >= 11 is 0. The van der Waals surface area contributed by atoms with Gasteiger partial charge in [-0.3, -0.25) is 0 Å². The van der Waals surface area contributed by atoms with Gasteiger partial charge >= 0.3 is 0 Å². The highest BCUT2D eigenvalue weighted by Crippen LogP contribution is 2.27. The topological polar surface area (TPSA) is 0 Å². The third-order valence-electron chi connectivity index (χ3n) is 2.45. The molecule has 0 nitrogen and oxygen atoms in total. The minimum Gasteiger partial charge on any atom is -0.0725 e. The molecule has 0 aromatic carbocycles. The second kappa shape index (κ2) is 2.61. The smallest absolute Gasteiger partial charge is 0.0191 e. The van der Waals surface area contributed by atoms with Crippen LogP contribution in [-0.2, 0) is 0 Å². The van der Waals surface area contributed by atoms with E-state index in [1.807, 2.05) is 0 Å². The van der Waals surface area contributed by atoms with E-state index < -0.39 is 0 Å². The van der Waals surface area contributed by atoms with Gasteiger partial charge in [0.05, 0.1) is 0 Å². The first-order chi connectivity index (χ1) is 4.61. The van der Waals surface area contributed by atoms with E-state index >= 15 is 0 Å². The number of rotatable bonds is 0. The largest absolute Gasteiger partial charge is 0.0725 e. The Hall–Kier alpha value is -0.520. The zero-order valence-electron chi connectivity index (χ0n) is 7.36. The molecule has 10 heavy (non-hydrogen) atoms. The van der Waals surface area contributed by atoms with Gasteiger partial charge in [-0.1, -0.05) is 29.7 Å². The lowest BCUT2D eigenvalue weighted by Crippen LogP contribution is -2.03. The normalized spacial score (nSPS) is 26.8. The van der Waals surface area contributed by atoms with Crippen LogP contribution in [0.3, 0.4) is 0 Å². The maximum Gasteiger partial charge on any atom is -0.0191 e. The van der Waals surface area contributed by atoms with Crippen molar-refractivity contribution in [3.8, 4) is 0 Å². The van der Waals surface area contributed by atoms with Crippen LogP contribution in [-0.4, -0.2) is 0 Å². The molecule has 1 aliphatic rings. The molecule has 0 bridgehead atoms. The van der Waals surface area contributed by atoms with Crippen LogP contribution >= 0.6 is 0 Å². The molecule has 0 amide bonds. The fourth-order valence-electron chi connectivity index (χ4n) is 1.57. The van der Waals surface area contributed by atoms with E-state index in [1.165, 1.54) is 17.6 Å². The molecule has 1 atom stereocenters. The molecule has 0 aromatic heterocycles. The summed E-state index contributed by atoms with van der Waals surface area (Å²) in [6.45, 7) is 8.96. The van der Waals surface area contributed by atoms with Crippen molar-refractivity contribution >= 4 is 0 Å². The standard InChI is InChI=1S/C10H16/c1-7-5-8(2)10(4)9(3)6-7/h5,9H,6H2,1-4H3/t9-/m0/s1. The van der Waals surface area contributed by atoms with Crippen LogP contribution in [0.25, 0.3) is 0 Å². The van der Waals surface area contributed by atoms with Gasteiger partial charge in [-0.2, -0.15) is 0 Å². The fourth-order valence-corrected chi connectivity index (χ4v) is 1.57. The maximum absolute atomic E-state index is 2.30. The molecule has 0 aromatic rings. The quantitative estimate of drug-likeness (QED) is 0.479. The van der Waals surface area contributed by atoms with Crippen molar-refractivity contribution in [3.63, 3.8) is 0 Å². The Labute approximate surface area is 63.6 Å². The molecule has 0 heterocycles. The SMILES string of the molecule is CC1=CC(C)=C(C)[C@@H](C)C1. The zero-order chi connectivity index (χ0) is 7.72. The minimum atomic E-state index is 0.769. The average Bonchev–Trinajstić information content (AvgIpc) is 1.82. The molecule has 0 saturated heterocycles. The van der Waals surface area contributed by atoms with Gasteiger partial charge < -0.3 is 0 Å². The predicted octanol–water partition coefficient (Wildman–Crippen LogP) is 3.31. The highest BCUT2D eigenvalue weighted by molar-refractivity contribution is 5.31. The molecule has 1 rings (SSSR count). The molecule has 0 aliphatic heterocycles. The van der Waals surface area contributed by atoms with Crippen LogP contribution in [0.5, 0.6) is 0 Å². The van der Waals surface area contributed by atoms with Gasteiger partial charge in [0, 0.05) is 0 Å². The lowest BCUT2D eigenvalue weighted by atomic mass is 9.86. The van der Waals surface area contributed by atoms with Crippen molar-refractivity contribution in [1.82, 2.24) is 0 Å². The van der Waals surface area contributed by atoms with E-state index in [-0.39, 0.29) is 0 Å². The van der Waals surface area contributed by atoms with Gasteiger partial charge in [-0.25, -0.2) is 0 Å². The van der Waals surface area contributed by atoms with Crippen LogP contribution in [0.4, 0.5) is 0 Å². The van der Waals surface area contributed by atoms with Crippen LogP contribution in [0.15, 0.2) is 22.8 Å². The van der Waals surface area contributed by atoms with Crippen molar-refractivity contribution in [3.05, 3.63) is 22.8 Å². The van der Waals surface area contributed by atoms with Gasteiger partial charge in [-0.05, 0) is 33.1 Å². The average molecular weight is 136 g/mol. The molecule has 0 spiro atoms. The highest BCUT2D eigenvalue weighted by Gasteiger charge is 2.11. The number of hydrogen-bond acceptors (Lipinski definition) is 0. The van der Waals surface area contributed by atoms with Gasteiger partial charge in [0.2, 0.25) is 0 Å². The Kier molecular flexibility index (Phi) is 1.98. The second-order valence-corrected chi connectivity index (χ2v) is 3.46. The predicted molar refractivity (Wildman–Crippen MR) is 45.9 cm³/mol. The third kappa shape index (κ3) is 1.31. The lowest BCUT2D eigenvalue weighted by Gasteiger charge is -2.19. The summed E-state index contributed by atoms with van der Waals surface area (Å²) in [5.41, 5.74) is 4.55. The number of allylic oxidation sites excluding steroid dienone is 4. The summed E-state index contributed by atoms with van der Waals surface area (Å²) in [6, 6.07) is 0. The third-order valence-corrected chi connectivity index (χ3v) is 2.45. The fraction of sp³-hybridized carbons (Fsp3) is 0.600. The summed E-state index contributed by atoms with van der Waals surface area (Å²) < 4.78 is 0. The van der Waals surface area contributed by atoms with E-state index in [0.717, 1.165) is 5.92 Å².